The third kappa shape index (κ3) is 1.55. The van der Waals surface area contributed by atoms with Crippen molar-refractivity contribution in [2.45, 2.75) is 25.7 Å². The number of nitrogens with zero attached hydrogens (tertiary/aromatic N) is 2. The maximum Gasteiger partial charge on any atom is 0.199 e. The highest BCUT2D eigenvalue weighted by atomic mass is 32.1. The predicted molar refractivity (Wildman–Crippen MR) is 59.6 cm³/mol. The minimum atomic E-state index is 0.373. The summed E-state index contributed by atoms with van der Waals surface area (Å²) in [4.78, 5) is 11.3. The van der Waals surface area contributed by atoms with Gasteiger partial charge in [-0.05, 0) is 18.8 Å². The van der Waals surface area contributed by atoms with Crippen molar-refractivity contribution < 1.29 is 0 Å². The molecule has 0 amide bonds. The Kier molecular flexibility index (Phi) is 2.33. The maximum atomic E-state index is 5.61. The summed E-state index contributed by atoms with van der Waals surface area (Å²) in [5, 5.41) is 0. The Morgan fingerprint density at radius 1 is 1.64 bits per heavy atom. The minimum absolute atomic E-state index is 0.373. The molecule has 1 aromatic rings. The van der Waals surface area contributed by atoms with Crippen molar-refractivity contribution in [1.29, 1.82) is 0 Å². The molecule has 0 aliphatic carbocycles. The van der Waals surface area contributed by atoms with Gasteiger partial charge in [0.25, 0.3) is 0 Å². The van der Waals surface area contributed by atoms with E-state index < -0.39 is 0 Å². The maximum absolute atomic E-state index is 5.61. The molecule has 0 saturated heterocycles. The topological polar surface area (TPSA) is 67.1 Å². The van der Waals surface area contributed by atoms with Gasteiger partial charge in [-0.1, -0.05) is 19.1 Å². The van der Waals surface area contributed by atoms with Crippen molar-refractivity contribution in [2.24, 2.45) is 4.99 Å². The molecule has 3 N–H and O–H groups in total. The van der Waals surface area contributed by atoms with Crippen molar-refractivity contribution in [2.75, 3.05) is 5.73 Å². The first kappa shape index (κ1) is 9.33. The Morgan fingerprint density at radius 2 is 2.43 bits per heavy atom. The van der Waals surface area contributed by atoms with Crippen LogP contribution in [0.2, 0.25) is 0 Å². The van der Waals surface area contributed by atoms with E-state index in [1.54, 1.807) is 0 Å². The number of rotatable bonds is 0. The molecule has 0 spiro atoms. The van der Waals surface area contributed by atoms with E-state index in [-0.39, 0.29) is 0 Å². The number of nitrogens with one attached hydrogen (secondary N) is 1. The average molecular weight is 208 g/mol. The van der Waals surface area contributed by atoms with Crippen LogP contribution in [-0.2, 0) is 0 Å². The highest BCUT2D eigenvalue weighted by molar-refractivity contribution is 7.71. The van der Waals surface area contributed by atoms with Crippen molar-refractivity contribution in [1.82, 2.24) is 9.97 Å². The molecule has 0 fully saturated rings. The normalized spacial score (nSPS) is 20.2. The number of nitrogen functional groups attached to an aromatic ring is 1. The van der Waals surface area contributed by atoms with E-state index in [9.17, 15) is 0 Å². The first-order valence-corrected chi connectivity index (χ1v) is 5.01. The van der Waals surface area contributed by atoms with Crippen molar-refractivity contribution in [3.05, 3.63) is 10.3 Å². The van der Waals surface area contributed by atoms with E-state index in [0.29, 0.717) is 16.5 Å². The van der Waals surface area contributed by atoms with Crippen LogP contribution in [0.3, 0.4) is 0 Å². The highest BCUT2D eigenvalue weighted by Crippen LogP contribution is 2.31. The second-order valence-electron chi connectivity index (χ2n) is 3.48. The van der Waals surface area contributed by atoms with E-state index in [1.165, 1.54) is 0 Å². The zero-order valence-electron chi connectivity index (χ0n) is 7.95. The number of nitrogens with two attached hydrogens (primary N) is 1. The van der Waals surface area contributed by atoms with Crippen LogP contribution in [-0.4, -0.2) is 16.2 Å². The summed E-state index contributed by atoms with van der Waals surface area (Å²) in [5.41, 5.74) is 7.40. The van der Waals surface area contributed by atoms with Crippen LogP contribution in [0.5, 0.6) is 0 Å². The van der Waals surface area contributed by atoms with Crippen molar-refractivity contribution in [3.8, 4) is 0 Å². The summed E-state index contributed by atoms with van der Waals surface area (Å²) >= 11 is 5.11. The number of aromatic nitrogens is 2. The van der Waals surface area contributed by atoms with Gasteiger partial charge in [0.15, 0.2) is 10.6 Å². The monoisotopic (exact) mass is 208 g/mol. The number of H-pyrrole nitrogens is 1. The van der Waals surface area contributed by atoms with Crippen molar-refractivity contribution >= 4 is 30.1 Å². The summed E-state index contributed by atoms with van der Waals surface area (Å²) in [6.45, 7) is 2.14. The van der Waals surface area contributed by atoms with Gasteiger partial charge in [-0.2, -0.15) is 0 Å². The predicted octanol–water partition coefficient (Wildman–Crippen LogP) is 2.32. The molecule has 1 aliphatic heterocycles. The molecule has 1 unspecified atom stereocenters. The Morgan fingerprint density at radius 3 is 3.21 bits per heavy atom. The van der Waals surface area contributed by atoms with Crippen LogP contribution >= 0.6 is 12.2 Å². The number of aliphatic imine (C=N–C) groups is 1. The summed E-state index contributed by atoms with van der Waals surface area (Å²) in [6.07, 6.45) is 3.92. The summed E-state index contributed by atoms with van der Waals surface area (Å²) in [5.74, 6) is 0.775. The largest absolute Gasteiger partial charge is 0.369 e. The lowest BCUT2D eigenvalue weighted by molar-refractivity contribution is 0.691. The Labute approximate surface area is 87.3 Å². The standard InChI is InChI=1S/C9H12N4S/c1-5-3-2-4-11-7-6(5)12-9(10)13-8(7)14/h4-5H,2-3H2,1H3,(H3,10,12,13,14). The van der Waals surface area contributed by atoms with Gasteiger partial charge in [-0.3, -0.25) is 4.99 Å². The van der Waals surface area contributed by atoms with Gasteiger partial charge in [0.2, 0.25) is 0 Å². The molecule has 2 rings (SSSR count). The van der Waals surface area contributed by atoms with Crippen molar-refractivity contribution in [3.63, 3.8) is 0 Å². The summed E-state index contributed by atoms with van der Waals surface area (Å²) in [7, 11) is 0. The number of hydrogen-bond acceptors (Lipinski definition) is 4. The lowest BCUT2D eigenvalue weighted by atomic mass is 10.0. The Bertz CT molecular complexity index is 435. The summed E-state index contributed by atoms with van der Waals surface area (Å²) < 4.78 is 0.487. The number of fused-ring (bicyclic) bond motifs is 1. The molecule has 1 aliphatic rings. The van der Waals surface area contributed by atoms with E-state index in [4.69, 9.17) is 18.0 Å². The van der Waals surface area contributed by atoms with Crippen LogP contribution in [0.4, 0.5) is 11.6 Å². The molecule has 0 saturated carbocycles. The van der Waals surface area contributed by atoms with E-state index >= 15 is 0 Å². The molecule has 14 heavy (non-hydrogen) atoms. The lowest BCUT2D eigenvalue weighted by Gasteiger charge is -2.11. The molecule has 5 heteroatoms. The van der Waals surface area contributed by atoms with Gasteiger partial charge in [-0.15, -0.1) is 0 Å². The van der Waals surface area contributed by atoms with Crippen LogP contribution < -0.4 is 5.73 Å². The fourth-order valence-electron chi connectivity index (χ4n) is 1.61. The van der Waals surface area contributed by atoms with Gasteiger partial charge in [0.05, 0.1) is 0 Å². The van der Waals surface area contributed by atoms with Gasteiger partial charge in [0.1, 0.15) is 5.69 Å². The third-order valence-corrected chi connectivity index (χ3v) is 2.67. The third-order valence-electron chi connectivity index (χ3n) is 2.38. The first-order chi connectivity index (χ1) is 6.68. The first-order valence-electron chi connectivity index (χ1n) is 4.60. The lowest BCUT2D eigenvalue weighted by Crippen LogP contribution is -2.02. The fourth-order valence-corrected chi connectivity index (χ4v) is 1.87. The minimum Gasteiger partial charge on any atom is -0.369 e. The van der Waals surface area contributed by atoms with E-state index in [1.807, 2.05) is 6.21 Å². The van der Waals surface area contributed by atoms with Crippen LogP contribution in [0.15, 0.2) is 4.99 Å². The molecule has 74 valence electrons. The number of hydrogen-bond donors (Lipinski definition) is 2. The van der Waals surface area contributed by atoms with Gasteiger partial charge < -0.3 is 10.7 Å². The van der Waals surface area contributed by atoms with Gasteiger partial charge in [0, 0.05) is 11.9 Å². The van der Waals surface area contributed by atoms with E-state index in [2.05, 4.69) is 21.9 Å². The second-order valence-corrected chi connectivity index (χ2v) is 3.87. The van der Waals surface area contributed by atoms with Crippen LogP contribution in [0, 0.1) is 4.64 Å². The smallest absolute Gasteiger partial charge is 0.199 e. The van der Waals surface area contributed by atoms with Crippen LogP contribution in [0.1, 0.15) is 31.4 Å². The quantitative estimate of drug-likeness (QED) is 0.643. The number of anilines is 1. The zero-order valence-corrected chi connectivity index (χ0v) is 8.77. The molecular formula is C9H12N4S. The van der Waals surface area contributed by atoms with Gasteiger partial charge >= 0.3 is 0 Å². The van der Waals surface area contributed by atoms with Gasteiger partial charge in [-0.25, -0.2) is 4.98 Å². The molecule has 2 heterocycles. The molecule has 1 aromatic heterocycles. The Balaban J connectivity index is 2.67. The molecule has 0 bridgehead atoms. The molecule has 0 aromatic carbocycles. The van der Waals surface area contributed by atoms with Crippen LogP contribution in [0.25, 0.3) is 0 Å². The highest BCUT2D eigenvalue weighted by Gasteiger charge is 2.15. The molecular weight excluding hydrogens is 196 g/mol. The zero-order chi connectivity index (χ0) is 10.1. The average Bonchev–Trinajstić information content (AvgIpc) is 2.29. The second kappa shape index (κ2) is 3.49. The molecule has 1 atom stereocenters. The number of aromatic amines is 1. The summed E-state index contributed by atoms with van der Waals surface area (Å²) in [6, 6.07) is 0. The molecule has 4 nitrogen and oxygen atoms in total. The fraction of sp³-hybridized carbons (Fsp3) is 0.444. The Hall–Kier alpha value is -1.23. The van der Waals surface area contributed by atoms with E-state index in [0.717, 1.165) is 24.2 Å². The molecule has 0 radical (unpaired) electrons. The SMILES string of the molecule is CC1CCC=Nc2c1[nH]c(N)nc2=S.